The summed E-state index contributed by atoms with van der Waals surface area (Å²) in [6.45, 7) is 1.54. The molecule has 1 aliphatic rings. The third-order valence-electron chi connectivity index (χ3n) is 4.19. The molecule has 0 saturated heterocycles. The Kier molecular flexibility index (Phi) is 5.56. The molecule has 0 bridgehead atoms. The van der Waals surface area contributed by atoms with Crippen LogP contribution in [-0.4, -0.2) is 32.0 Å². The second kappa shape index (κ2) is 8.03. The van der Waals surface area contributed by atoms with E-state index in [0.717, 1.165) is 24.2 Å². The summed E-state index contributed by atoms with van der Waals surface area (Å²) in [6, 6.07) is 15.6. The van der Waals surface area contributed by atoms with Crippen LogP contribution in [0.3, 0.4) is 0 Å². The zero-order valence-electron chi connectivity index (χ0n) is 14.1. The first kappa shape index (κ1) is 17.3. The van der Waals surface area contributed by atoms with E-state index in [9.17, 15) is 4.79 Å². The predicted octanol–water partition coefficient (Wildman–Crippen LogP) is 2.59. The van der Waals surface area contributed by atoms with Gasteiger partial charge in [0.1, 0.15) is 0 Å². The van der Waals surface area contributed by atoms with Gasteiger partial charge in [0.2, 0.25) is 5.91 Å². The minimum absolute atomic E-state index is 0.0411. The minimum Gasteiger partial charge on any atom is -0.352 e. The topological polar surface area (TPSA) is 56.7 Å². The number of rotatable bonds is 4. The number of amides is 1. The number of carbonyl (C=O) groups is 1. The third kappa shape index (κ3) is 4.31. The van der Waals surface area contributed by atoms with Gasteiger partial charge in [-0.3, -0.25) is 9.79 Å². The maximum atomic E-state index is 12.5. The molecule has 1 heterocycles. The maximum absolute atomic E-state index is 12.5. The highest BCUT2D eigenvalue weighted by Gasteiger charge is 2.23. The number of hydrogen-bond donors (Lipinski definition) is 2. The molecule has 1 aliphatic heterocycles. The molecule has 0 spiro atoms. The summed E-state index contributed by atoms with van der Waals surface area (Å²) in [5.41, 5.74) is 3.33. The van der Waals surface area contributed by atoms with E-state index in [4.69, 9.17) is 11.6 Å². The van der Waals surface area contributed by atoms with Crippen LogP contribution in [0.4, 0.5) is 5.69 Å². The first-order valence-corrected chi connectivity index (χ1v) is 8.62. The summed E-state index contributed by atoms with van der Waals surface area (Å²) in [6.07, 6.45) is 0.908. The van der Waals surface area contributed by atoms with Crippen molar-refractivity contribution in [2.45, 2.75) is 13.0 Å². The van der Waals surface area contributed by atoms with E-state index < -0.39 is 0 Å². The van der Waals surface area contributed by atoms with Crippen LogP contribution in [0.5, 0.6) is 0 Å². The summed E-state index contributed by atoms with van der Waals surface area (Å²) >= 11 is 5.89. The van der Waals surface area contributed by atoms with E-state index in [0.29, 0.717) is 17.5 Å². The molecule has 1 amide bonds. The molecule has 130 valence electrons. The summed E-state index contributed by atoms with van der Waals surface area (Å²) in [5.74, 6) is 0.634. The van der Waals surface area contributed by atoms with Gasteiger partial charge >= 0.3 is 0 Å². The van der Waals surface area contributed by atoms with Crippen LogP contribution >= 0.6 is 11.6 Å². The molecule has 5 nitrogen and oxygen atoms in total. The highest BCUT2D eigenvalue weighted by atomic mass is 35.5. The van der Waals surface area contributed by atoms with Gasteiger partial charge in [-0.25, -0.2) is 0 Å². The molecule has 6 heteroatoms. The molecule has 2 aromatic rings. The fourth-order valence-electron chi connectivity index (χ4n) is 2.86. The zero-order valence-corrected chi connectivity index (χ0v) is 14.9. The maximum Gasteiger partial charge on any atom is 0.246 e. The van der Waals surface area contributed by atoms with Crippen molar-refractivity contribution >= 4 is 29.2 Å². The highest BCUT2D eigenvalue weighted by Crippen LogP contribution is 2.27. The molecule has 2 aromatic carbocycles. The first-order valence-electron chi connectivity index (χ1n) is 8.24. The number of nitrogens with one attached hydrogen (secondary N) is 2. The summed E-state index contributed by atoms with van der Waals surface area (Å²) in [4.78, 5) is 18.5. The number of anilines is 1. The smallest absolute Gasteiger partial charge is 0.246 e. The second-order valence-corrected chi connectivity index (χ2v) is 6.27. The molecule has 2 N–H and O–H groups in total. The lowest BCUT2D eigenvalue weighted by atomic mass is 10.2. The zero-order chi connectivity index (χ0) is 17.6. The van der Waals surface area contributed by atoms with E-state index in [1.165, 1.54) is 5.56 Å². The monoisotopic (exact) mass is 356 g/mol. The number of nitrogens with zero attached hydrogens (tertiary/aromatic N) is 2. The van der Waals surface area contributed by atoms with Gasteiger partial charge in [-0.2, -0.15) is 0 Å². The van der Waals surface area contributed by atoms with Gasteiger partial charge in [-0.05, 0) is 35.7 Å². The molecule has 0 aromatic heterocycles. The van der Waals surface area contributed by atoms with Gasteiger partial charge in [0.15, 0.2) is 5.96 Å². The van der Waals surface area contributed by atoms with E-state index in [2.05, 4.69) is 21.7 Å². The van der Waals surface area contributed by atoms with Crippen LogP contribution in [0.2, 0.25) is 5.02 Å². The number of halogens is 1. The van der Waals surface area contributed by atoms with Crippen LogP contribution in [0, 0.1) is 0 Å². The molecule has 25 heavy (non-hydrogen) atoms. The van der Waals surface area contributed by atoms with Crippen molar-refractivity contribution in [3.05, 3.63) is 64.7 Å². The number of carbonyl (C=O) groups excluding carboxylic acids is 1. The predicted molar refractivity (Wildman–Crippen MR) is 102 cm³/mol. The Morgan fingerprint density at radius 3 is 2.68 bits per heavy atom. The van der Waals surface area contributed by atoms with Crippen molar-refractivity contribution in [1.29, 1.82) is 0 Å². The Labute approximate surface area is 152 Å². The SMILES string of the molecule is CN=C(NCC(=O)N1CCc2ccccc21)NCc1ccc(Cl)cc1. The van der Waals surface area contributed by atoms with Crippen LogP contribution < -0.4 is 15.5 Å². The largest absolute Gasteiger partial charge is 0.352 e. The lowest BCUT2D eigenvalue weighted by molar-refractivity contribution is -0.117. The Bertz CT molecular complexity index is 773. The van der Waals surface area contributed by atoms with Crippen molar-refractivity contribution in [3.63, 3.8) is 0 Å². The fraction of sp³-hybridized carbons (Fsp3) is 0.263. The van der Waals surface area contributed by atoms with Crippen LogP contribution in [-0.2, 0) is 17.8 Å². The van der Waals surface area contributed by atoms with Crippen molar-refractivity contribution in [2.24, 2.45) is 4.99 Å². The number of guanidine groups is 1. The molecular weight excluding hydrogens is 336 g/mol. The van der Waals surface area contributed by atoms with Gasteiger partial charge in [0, 0.05) is 30.8 Å². The van der Waals surface area contributed by atoms with Crippen molar-refractivity contribution in [2.75, 3.05) is 25.0 Å². The number of benzene rings is 2. The quantitative estimate of drug-likeness (QED) is 0.654. The number of fused-ring (bicyclic) bond motifs is 1. The Morgan fingerprint density at radius 1 is 1.16 bits per heavy atom. The van der Waals surface area contributed by atoms with Crippen molar-refractivity contribution in [1.82, 2.24) is 10.6 Å². The number of hydrogen-bond acceptors (Lipinski definition) is 2. The average molecular weight is 357 g/mol. The average Bonchev–Trinajstić information content (AvgIpc) is 3.07. The van der Waals surface area contributed by atoms with Gasteiger partial charge in [0.25, 0.3) is 0 Å². The molecule has 0 saturated carbocycles. The Balaban J connectivity index is 1.51. The van der Waals surface area contributed by atoms with E-state index in [1.54, 1.807) is 7.05 Å². The molecule has 0 unspecified atom stereocenters. The van der Waals surface area contributed by atoms with E-state index in [1.807, 2.05) is 47.4 Å². The summed E-state index contributed by atoms with van der Waals surface area (Å²) in [7, 11) is 1.69. The van der Waals surface area contributed by atoms with Gasteiger partial charge < -0.3 is 15.5 Å². The van der Waals surface area contributed by atoms with E-state index >= 15 is 0 Å². The van der Waals surface area contributed by atoms with E-state index in [-0.39, 0.29) is 12.5 Å². The van der Waals surface area contributed by atoms with Crippen LogP contribution in [0.1, 0.15) is 11.1 Å². The highest BCUT2D eigenvalue weighted by molar-refractivity contribution is 6.30. The summed E-state index contributed by atoms with van der Waals surface area (Å²) in [5, 5.41) is 6.99. The molecule has 3 rings (SSSR count). The molecule has 0 fully saturated rings. The second-order valence-electron chi connectivity index (χ2n) is 5.83. The molecule has 0 atom stereocenters. The number of aliphatic imine (C=N–C) groups is 1. The van der Waals surface area contributed by atoms with Crippen LogP contribution in [0.25, 0.3) is 0 Å². The van der Waals surface area contributed by atoms with Crippen molar-refractivity contribution in [3.8, 4) is 0 Å². The Morgan fingerprint density at radius 2 is 1.92 bits per heavy atom. The van der Waals surface area contributed by atoms with Gasteiger partial charge in [0.05, 0.1) is 6.54 Å². The van der Waals surface area contributed by atoms with Crippen LogP contribution in [0.15, 0.2) is 53.5 Å². The van der Waals surface area contributed by atoms with Gasteiger partial charge in [-0.1, -0.05) is 41.9 Å². The molecular formula is C19H21ClN4O. The summed E-state index contributed by atoms with van der Waals surface area (Å²) < 4.78 is 0. The lowest BCUT2D eigenvalue weighted by Crippen LogP contribution is -2.44. The normalized spacial score (nSPS) is 13.5. The molecule has 0 aliphatic carbocycles. The number of para-hydroxylation sites is 1. The third-order valence-corrected chi connectivity index (χ3v) is 4.44. The lowest BCUT2D eigenvalue weighted by Gasteiger charge is -2.19. The molecule has 0 radical (unpaired) electrons. The first-order chi connectivity index (χ1) is 12.2. The standard InChI is InChI=1S/C19H21ClN4O/c1-21-19(22-12-14-6-8-16(20)9-7-14)23-13-18(25)24-11-10-15-4-2-3-5-17(15)24/h2-9H,10-13H2,1H3,(H2,21,22,23). The van der Waals surface area contributed by atoms with Gasteiger partial charge in [-0.15, -0.1) is 0 Å². The van der Waals surface area contributed by atoms with Crippen molar-refractivity contribution < 1.29 is 4.79 Å². The Hall–Kier alpha value is -2.53. The fourth-order valence-corrected chi connectivity index (χ4v) is 2.99. The minimum atomic E-state index is 0.0411.